The molecule has 2 aliphatic rings. The number of carbonyl (C=O) groups is 2. The van der Waals surface area contributed by atoms with E-state index in [2.05, 4.69) is 5.32 Å². The van der Waals surface area contributed by atoms with Crippen molar-refractivity contribution >= 4 is 11.9 Å². The molecule has 5 heteroatoms. The lowest BCUT2D eigenvalue weighted by Crippen LogP contribution is -2.37. The van der Waals surface area contributed by atoms with Gasteiger partial charge in [-0.05, 0) is 31.6 Å². The van der Waals surface area contributed by atoms with Crippen LogP contribution in [-0.2, 0) is 14.3 Å². The third-order valence-electron chi connectivity index (χ3n) is 4.51. The molecule has 3 atom stereocenters. The van der Waals surface area contributed by atoms with E-state index in [0.717, 1.165) is 12.8 Å². The van der Waals surface area contributed by atoms with Gasteiger partial charge in [0.15, 0.2) is 0 Å². The molecule has 2 aliphatic carbocycles. The number of aliphatic carboxylic acids is 1. The van der Waals surface area contributed by atoms with Gasteiger partial charge in [-0.3, -0.25) is 9.59 Å². The fourth-order valence-corrected chi connectivity index (χ4v) is 3.44. The first-order valence-electron chi connectivity index (χ1n) is 7.70. The van der Waals surface area contributed by atoms with Crippen molar-refractivity contribution in [1.82, 2.24) is 5.32 Å². The molecule has 1 amide bonds. The Morgan fingerprint density at radius 3 is 2.50 bits per heavy atom. The molecular weight excluding hydrogens is 258 g/mol. The maximum Gasteiger partial charge on any atom is 0.307 e. The predicted octanol–water partition coefficient (Wildman–Crippen LogP) is 1.81. The molecular formula is C15H25NO4. The number of carbonyl (C=O) groups excluding carboxylic acids is 1. The molecule has 3 unspecified atom stereocenters. The normalized spacial score (nSPS) is 30.6. The summed E-state index contributed by atoms with van der Waals surface area (Å²) in [7, 11) is 0. The Hall–Kier alpha value is -1.10. The first-order chi connectivity index (χ1) is 9.58. The smallest absolute Gasteiger partial charge is 0.307 e. The van der Waals surface area contributed by atoms with Crippen molar-refractivity contribution in [3.8, 4) is 0 Å². The first-order valence-corrected chi connectivity index (χ1v) is 7.70. The number of hydrogen-bond donors (Lipinski definition) is 2. The minimum atomic E-state index is -0.850. The summed E-state index contributed by atoms with van der Waals surface area (Å²) >= 11 is 0. The monoisotopic (exact) mass is 283 g/mol. The second-order valence-electron chi connectivity index (χ2n) is 6.20. The van der Waals surface area contributed by atoms with Crippen molar-refractivity contribution in [1.29, 1.82) is 0 Å². The van der Waals surface area contributed by atoms with Gasteiger partial charge in [-0.25, -0.2) is 0 Å². The van der Waals surface area contributed by atoms with Gasteiger partial charge in [-0.15, -0.1) is 0 Å². The number of carboxylic acid groups (broad SMARTS) is 1. The highest BCUT2D eigenvalue weighted by atomic mass is 16.5. The molecule has 0 radical (unpaired) electrons. The van der Waals surface area contributed by atoms with Crippen molar-refractivity contribution in [2.45, 2.75) is 51.6 Å². The van der Waals surface area contributed by atoms with Crippen LogP contribution in [0, 0.1) is 17.8 Å². The third kappa shape index (κ3) is 3.95. The van der Waals surface area contributed by atoms with Crippen LogP contribution in [0.25, 0.3) is 0 Å². The number of hydrogen-bond acceptors (Lipinski definition) is 3. The number of nitrogens with one attached hydrogen (secondary N) is 1. The largest absolute Gasteiger partial charge is 0.481 e. The highest BCUT2D eigenvalue weighted by Crippen LogP contribution is 2.36. The molecule has 0 saturated heterocycles. The molecule has 0 bridgehead atoms. The highest BCUT2D eigenvalue weighted by Gasteiger charge is 2.40. The van der Waals surface area contributed by atoms with Crippen molar-refractivity contribution in [2.24, 2.45) is 17.8 Å². The molecule has 0 heterocycles. The van der Waals surface area contributed by atoms with E-state index in [1.807, 2.05) is 6.92 Å². The van der Waals surface area contributed by atoms with Crippen LogP contribution in [0.15, 0.2) is 0 Å². The van der Waals surface area contributed by atoms with Gasteiger partial charge in [-0.1, -0.05) is 19.8 Å². The van der Waals surface area contributed by atoms with Crippen LogP contribution in [0.2, 0.25) is 0 Å². The SMILES string of the molecule is CC1CC(C(=O)O)C(C(=O)NCCOC2CCCC2)C1. The van der Waals surface area contributed by atoms with E-state index in [9.17, 15) is 9.59 Å². The van der Waals surface area contributed by atoms with Crippen molar-refractivity contribution in [3.63, 3.8) is 0 Å². The van der Waals surface area contributed by atoms with Gasteiger partial charge in [0.05, 0.1) is 24.5 Å². The Bertz CT molecular complexity index is 352. The third-order valence-corrected chi connectivity index (χ3v) is 4.51. The van der Waals surface area contributed by atoms with Gasteiger partial charge in [0.25, 0.3) is 0 Å². The Morgan fingerprint density at radius 2 is 1.85 bits per heavy atom. The molecule has 2 fully saturated rings. The summed E-state index contributed by atoms with van der Waals surface area (Å²) in [5.74, 6) is -1.58. The van der Waals surface area contributed by atoms with Gasteiger partial charge in [0, 0.05) is 6.54 Å². The number of rotatable bonds is 6. The lowest BCUT2D eigenvalue weighted by Gasteiger charge is -2.16. The van der Waals surface area contributed by atoms with Crippen LogP contribution >= 0.6 is 0 Å². The molecule has 2 N–H and O–H groups in total. The number of amides is 1. The summed E-state index contributed by atoms with van der Waals surface area (Å²) in [5.41, 5.74) is 0. The molecule has 0 aliphatic heterocycles. The Kier molecular flexibility index (Phi) is 5.40. The average Bonchev–Trinajstić information content (AvgIpc) is 3.03. The van der Waals surface area contributed by atoms with E-state index in [1.165, 1.54) is 12.8 Å². The zero-order chi connectivity index (χ0) is 14.5. The summed E-state index contributed by atoms with van der Waals surface area (Å²) in [4.78, 5) is 23.2. The average molecular weight is 283 g/mol. The standard InChI is InChI=1S/C15H25NO4/c1-10-8-12(13(9-10)15(18)19)14(17)16-6-7-20-11-4-2-3-5-11/h10-13H,2-9H2,1H3,(H,16,17)(H,18,19). The van der Waals surface area contributed by atoms with Crippen LogP contribution in [0.4, 0.5) is 0 Å². The summed E-state index contributed by atoms with van der Waals surface area (Å²) in [6, 6.07) is 0. The van der Waals surface area contributed by atoms with E-state index in [4.69, 9.17) is 9.84 Å². The topological polar surface area (TPSA) is 75.6 Å². The summed E-state index contributed by atoms with van der Waals surface area (Å²) in [6.07, 6.45) is 6.34. The van der Waals surface area contributed by atoms with Gasteiger partial charge in [0.2, 0.25) is 5.91 Å². The van der Waals surface area contributed by atoms with Crippen LogP contribution < -0.4 is 5.32 Å². The fourth-order valence-electron chi connectivity index (χ4n) is 3.44. The van der Waals surface area contributed by atoms with E-state index >= 15 is 0 Å². The van der Waals surface area contributed by atoms with E-state index in [0.29, 0.717) is 38.0 Å². The predicted molar refractivity (Wildman–Crippen MR) is 74.2 cm³/mol. The van der Waals surface area contributed by atoms with E-state index in [1.54, 1.807) is 0 Å². The fraction of sp³-hybridized carbons (Fsp3) is 0.867. The maximum atomic E-state index is 12.1. The Labute approximate surface area is 120 Å². The lowest BCUT2D eigenvalue weighted by atomic mass is 9.95. The summed E-state index contributed by atoms with van der Waals surface area (Å²) < 4.78 is 5.68. The minimum Gasteiger partial charge on any atom is -0.481 e. The van der Waals surface area contributed by atoms with E-state index < -0.39 is 11.9 Å². The summed E-state index contributed by atoms with van der Waals surface area (Å²) in [6.45, 7) is 3.01. The molecule has 0 aromatic heterocycles. The second-order valence-corrected chi connectivity index (χ2v) is 6.20. The van der Waals surface area contributed by atoms with Gasteiger partial charge in [-0.2, -0.15) is 0 Å². The minimum absolute atomic E-state index is 0.128. The first kappa shape index (κ1) is 15.3. The lowest BCUT2D eigenvalue weighted by molar-refractivity contribution is -0.146. The molecule has 20 heavy (non-hydrogen) atoms. The van der Waals surface area contributed by atoms with Gasteiger partial charge >= 0.3 is 5.97 Å². The molecule has 114 valence electrons. The molecule has 0 aromatic rings. The molecule has 2 rings (SSSR count). The van der Waals surface area contributed by atoms with Gasteiger partial charge in [0.1, 0.15) is 0 Å². The Balaban J connectivity index is 1.69. The van der Waals surface area contributed by atoms with Crippen molar-refractivity contribution in [3.05, 3.63) is 0 Å². The maximum absolute atomic E-state index is 12.1. The number of carboxylic acids is 1. The second kappa shape index (κ2) is 7.07. The molecule has 5 nitrogen and oxygen atoms in total. The van der Waals surface area contributed by atoms with Crippen LogP contribution in [0.3, 0.4) is 0 Å². The van der Waals surface area contributed by atoms with Crippen molar-refractivity contribution < 1.29 is 19.4 Å². The molecule has 2 saturated carbocycles. The van der Waals surface area contributed by atoms with Gasteiger partial charge < -0.3 is 15.2 Å². The molecule has 0 aromatic carbocycles. The zero-order valence-electron chi connectivity index (χ0n) is 12.1. The van der Waals surface area contributed by atoms with Crippen molar-refractivity contribution in [2.75, 3.05) is 13.2 Å². The van der Waals surface area contributed by atoms with Crippen LogP contribution in [-0.4, -0.2) is 36.2 Å². The van der Waals surface area contributed by atoms with E-state index in [-0.39, 0.29) is 11.8 Å². The zero-order valence-corrected chi connectivity index (χ0v) is 12.1. The van der Waals surface area contributed by atoms with Crippen LogP contribution in [0.1, 0.15) is 45.4 Å². The quantitative estimate of drug-likeness (QED) is 0.729. The number of ether oxygens (including phenoxy) is 1. The summed E-state index contributed by atoms with van der Waals surface area (Å²) in [5, 5.41) is 12.0. The van der Waals surface area contributed by atoms with Crippen LogP contribution in [0.5, 0.6) is 0 Å². The molecule has 0 spiro atoms. The highest BCUT2D eigenvalue weighted by molar-refractivity contribution is 5.85. The Morgan fingerprint density at radius 1 is 1.20 bits per heavy atom.